The Morgan fingerprint density at radius 3 is 2.64 bits per heavy atom. The largest absolute Gasteiger partial charge is 0.345 e. The summed E-state index contributed by atoms with van der Waals surface area (Å²) < 4.78 is 0. The number of nitrogens with one attached hydrogen (secondary N) is 2. The summed E-state index contributed by atoms with van der Waals surface area (Å²) >= 11 is 2.83. The van der Waals surface area contributed by atoms with Crippen molar-refractivity contribution in [3.8, 4) is 0 Å². The molecule has 1 amide bonds. The van der Waals surface area contributed by atoms with Gasteiger partial charge in [0.25, 0.3) is 5.91 Å². The van der Waals surface area contributed by atoms with Gasteiger partial charge in [0.1, 0.15) is 5.00 Å². The molecule has 0 fully saturated rings. The maximum absolute atomic E-state index is 12.4. The number of pyridine rings is 1. The molecule has 8 heteroatoms. The van der Waals surface area contributed by atoms with Gasteiger partial charge in [0.2, 0.25) is 0 Å². The van der Waals surface area contributed by atoms with Crippen LogP contribution < -0.4 is 10.6 Å². The molecule has 3 aromatic heterocycles. The number of hydrogen-bond donors (Lipinski definition) is 2. The van der Waals surface area contributed by atoms with Gasteiger partial charge in [-0.05, 0) is 26.0 Å². The quantitative estimate of drug-likeness (QED) is 0.763. The fraction of sp³-hybridized carbons (Fsp3) is 0.143. The summed E-state index contributed by atoms with van der Waals surface area (Å²) in [6.45, 7) is 3.75. The van der Waals surface area contributed by atoms with E-state index in [1.54, 1.807) is 12.4 Å². The van der Waals surface area contributed by atoms with E-state index in [2.05, 4.69) is 25.6 Å². The molecule has 22 heavy (non-hydrogen) atoms. The minimum absolute atomic E-state index is 0.268. The Hall–Kier alpha value is -2.32. The number of aromatic nitrogens is 3. The monoisotopic (exact) mass is 331 g/mol. The van der Waals surface area contributed by atoms with Crippen molar-refractivity contribution in [1.29, 1.82) is 0 Å². The molecule has 3 rings (SSSR count). The summed E-state index contributed by atoms with van der Waals surface area (Å²) in [6, 6.07) is 3.67. The van der Waals surface area contributed by atoms with Crippen LogP contribution in [-0.2, 0) is 0 Å². The van der Waals surface area contributed by atoms with Crippen LogP contribution in [0.4, 0.5) is 15.8 Å². The molecule has 112 valence electrons. The SMILES string of the molecule is Cc1csc(NC(=O)c2nc(C)sc2Nc2ccncc2)n1. The standard InChI is InChI=1S/C14H13N5OS2/c1-8-7-21-14(16-8)19-12(20)11-13(22-9(2)17-11)18-10-3-5-15-6-4-10/h3-7H,1-2H3,(H,15,18)(H,16,19,20). The van der Waals surface area contributed by atoms with E-state index in [1.807, 2.05) is 31.4 Å². The highest BCUT2D eigenvalue weighted by Crippen LogP contribution is 2.28. The van der Waals surface area contributed by atoms with Crippen molar-refractivity contribution in [2.24, 2.45) is 0 Å². The van der Waals surface area contributed by atoms with Crippen LogP contribution in [0.5, 0.6) is 0 Å². The first-order valence-electron chi connectivity index (χ1n) is 6.50. The fourth-order valence-corrected chi connectivity index (χ4v) is 3.32. The zero-order valence-electron chi connectivity index (χ0n) is 12.0. The van der Waals surface area contributed by atoms with Gasteiger partial charge in [0.15, 0.2) is 10.8 Å². The smallest absolute Gasteiger partial charge is 0.279 e. The Morgan fingerprint density at radius 2 is 1.95 bits per heavy atom. The number of aryl methyl sites for hydroxylation is 2. The molecule has 0 aliphatic rings. The average molecular weight is 331 g/mol. The van der Waals surface area contributed by atoms with E-state index < -0.39 is 0 Å². The van der Waals surface area contributed by atoms with Crippen molar-refractivity contribution in [2.45, 2.75) is 13.8 Å². The van der Waals surface area contributed by atoms with Crippen molar-refractivity contribution in [1.82, 2.24) is 15.0 Å². The molecule has 0 unspecified atom stereocenters. The lowest BCUT2D eigenvalue weighted by atomic mass is 10.3. The van der Waals surface area contributed by atoms with Crippen molar-refractivity contribution in [3.05, 3.63) is 46.3 Å². The van der Waals surface area contributed by atoms with E-state index in [0.29, 0.717) is 15.8 Å². The highest BCUT2D eigenvalue weighted by molar-refractivity contribution is 7.16. The van der Waals surface area contributed by atoms with Crippen molar-refractivity contribution in [3.63, 3.8) is 0 Å². The minimum Gasteiger partial charge on any atom is -0.345 e. The molecule has 0 radical (unpaired) electrons. The molecule has 0 saturated carbocycles. The molecule has 3 aromatic rings. The summed E-state index contributed by atoms with van der Waals surface area (Å²) in [7, 11) is 0. The molecular weight excluding hydrogens is 318 g/mol. The van der Waals surface area contributed by atoms with E-state index >= 15 is 0 Å². The van der Waals surface area contributed by atoms with Gasteiger partial charge < -0.3 is 5.32 Å². The highest BCUT2D eigenvalue weighted by atomic mass is 32.1. The van der Waals surface area contributed by atoms with Crippen LogP contribution in [0.3, 0.4) is 0 Å². The van der Waals surface area contributed by atoms with Crippen LogP contribution in [-0.4, -0.2) is 20.9 Å². The van der Waals surface area contributed by atoms with Gasteiger partial charge >= 0.3 is 0 Å². The molecule has 0 aliphatic heterocycles. The van der Waals surface area contributed by atoms with Crippen LogP contribution >= 0.6 is 22.7 Å². The third kappa shape index (κ3) is 3.29. The van der Waals surface area contributed by atoms with Gasteiger partial charge in [-0.2, -0.15) is 0 Å². The van der Waals surface area contributed by atoms with Gasteiger partial charge in [-0.25, -0.2) is 9.97 Å². The minimum atomic E-state index is -0.268. The second-order valence-electron chi connectivity index (χ2n) is 4.52. The lowest BCUT2D eigenvalue weighted by molar-refractivity contribution is 0.102. The number of rotatable bonds is 4. The fourth-order valence-electron chi connectivity index (χ4n) is 1.80. The molecule has 2 N–H and O–H groups in total. The number of carbonyl (C=O) groups excluding carboxylic acids is 1. The first kappa shape index (κ1) is 14.6. The number of amides is 1. The Morgan fingerprint density at radius 1 is 1.18 bits per heavy atom. The van der Waals surface area contributed by atoms with Crippen LogP contribution in [0.25, 0.3) is 0 Å². The maximum Gasteiger partial charge on any atom is 0.279 e. The normalized spacial score (nSPS) is 10.5. The molecule has 0 aromatic carbocycles. The number of carbonyl (C=O) groups is 1. The Kier molecular flexibility index (Phi) is 4.12. The summed E-state index contributed by atoms with van der Waals surface area (Å²) in [5.74, 6) is -0.268. The number of hydrogen-bond acceptors (Lipinski definition) is 7. The van der Waals surface area contributed by atoms with E-state index in [0.717, 1.165) is 16.4 Å². The first-order valence-corrected chi connectivity index (χ1v) is 8.19. The predicted octanol–water partition coefficient (Wildman–Crippen LogP) is 3.61. The Labute approximate surface area is 135 Å². The van der Waals surface area contributed by atoms with Crippen LogP contribution in [0.2, 0.25) is 0 Å². The van der Waals surface area contributed by atoms with Gasteiger partial charge in [0, 0.05) is 23.5 Å². The summed E-state index contributed by atoms with van der Waals surface area (Å²) in [4.78, 5) is 24.9. The average Bonchev–Trinajstić information content (AvgIpc) is 3.06. The maximum atomic E-state index is 12.4. The van der Waals surface area contributed by atoms with Gasteiger partial charge in [-0.1, -0.05) is 0 Å². The van der Waals surface area contributed by atoms with Crippen LogP contribution in [0.1, 0.15) is 21.2 Å². The molecule has 6 nitrogen and oxygen atoms in total. The lowest BCUT2D eigenvalue weighted by Gasteiger charge is -2.05. The molecule has 0 atom stereocenters. The lowest BCUT2D eigenvalue weighted by Crippen LogP contribution is -2.13. The zero-order valence-corrected chi connectivity index (χ0v) is 13.6. The van der Waals surface area contributed by atoms with E-state index in [1.165, 1.54) is 22.7 Å². The van der Waals surface area contributed by atoms with Crippen molar-refractivity contribution < 1.29 is 4.79 Å². The molecule has 0 saturated heterocycles. The molecule has 0 spiro atoms. The van der Waals surface area contributed by atoms with Crippen molar-refractivity contribution in [2.75, 3.05) is 10.6 Å². The van der Waals surface area contributed by atoms with Crippen LogP contribution in [0.15, 0.2) is 29.9 Å². The highest BCUT2D eigenvalue weighted by Gasteiger charge is 2.18. The van der Waals surface area contributed by atoms with Crippen LogP contribution in [0, 0.1) is 13.8 Å². The number of thiazole rings is 2. The zero-order chi connectivity index (χ0) is 15.5. The molecule has 0 bridgehead atoms. The first-order chi connectivity index (χ1) is 10.6. The molecular formula is C14H13N5OS2. The predicted molar refractivity (Wildman–Crippen MR) is 89.2 cm³/mol. The van der Waals surface area contributed by atoms with Crippen molar-refractivity contribution >= 4 is 44.4 Å². The van der Waals surface area contributed by atoms with Gasteiger partial charge in [-0.15, -0.1) is 22.7 Å². The third-order valence-electron chi connectivity index (χ3n) is 2.73. The summed E-state index contributed by atoms with van der Waals surface area (Å²) in [6.07, 6.45) is 3.38. The second-order valence-corrected chi connectivity index (χ2v) is 6.58. The van der Waals surface area contributed by atoms with E-state index in [-0.39, 0.29) is 5.91 Å². The Bertz CT molecular complexity index is 797. The van der Waals surface area contributed by atoms with E-state index in [9.17, 15) is 4.79 Å². The molecule has 3 heterocycles. The topological polar surface area (TPSA) is 79.8 Å². The second kappa shape index (κ2) is 6.20. The Balaban J connectivity index is 1.82. The summed E-state index contributed by atoms with van der Waals surface area (Å²) in [5, 5.41) is 9.96. The summed E-state index contributed by atoms with van der Waals surface area (Å²) in [5.41, 5.74) is 2.11. The third-order valence-corrected chi connectivity index (χ3v) is 4.49. The van der Waals surface area contributed by atoms with Gasteiger partial charge in [-0.3, -0.25) is 15.1 Å². The molecule has 0 aliphatic carbocycles. The van der Waals surface area contributed by atoms with E-state index in [4.69, 9.17) is 0 Å². The number of anilines is 3. The number of nitrogens with zero attached hydrogens (tertiary/aromatic N) is 3. The van der Waals surface area contributed by atoms with Gasteiger partial charge in [0.05, 0.1) is 10.7 Å².